The first-order chi connectivity index (χ1) is 15.3. The summed E-state index contributed by atoms with van der Waals surface area (Å²) in [5.41, 5.74) is 1.81. The summed E-state index contributed by atoms with van der Waals surface area (Å²) in [4.78, 5) is 27.5. The van der Waals surface area contributed by atoms with Crippen LogP contribution in [0.3, 0.4) is 0 Å². The second kappa shape index (κ2) is 10.5. The van der Waals surface area contributed by atoms with Crippen LogP contribution in [0.1, 0.15) is 55.6 Å². The van der Waals surface area contributed by atoms with Crippen LogP contribution < -0.4 is 20.7 Å². The fourth-order valence-electron chi connectivity index (χ4n) is 3.95. The zero-order chi connectivity index (χ0) is 23.1. The number of amides is 3. The standard InChI is InChI=1S/C25H34N4O3/c1-25(2,3)28-23(30)18-10-9-11-19(16-18)27-24(31)26-17-21(29-14-7-8-15-29)20-12-5-6-13-22(20)32-4/h5-6,9-13,16,21H,7-8,14-15,17H2,1-4H3,(H,28,30)(H2,26,27,31). The van der Waals surface area contributed by atoms with E-state index in [0.717, 1.165) is 37.2 Å². The lowest BCUT2D eigenvalue weighted by Crippen LogP contribution is -2.40. The number of likely N-dealkylation sites (tertiary alicyclic amines) is 1. The molecule has 7 heteroatoms. The van der Waals surface area contributed by atoms with Gasteiger partial charge in [-0.1, -0.05) is 24.3 Å². The number of nitrogens with one attached hydrogen (secondary N) is 3. The summed E-state index contributed by atoms with van der Waals surface area (Å²) in [6, 6.07) is 14.6. The normalized spacial score (nSPS) is 15.1. The van der Waals surface area contributed by atoms with E-state index in [1.54, 1.807) is 31.4 Å². The maximum Gasteiger partial charge on any atom is 0.319 e. The molecule has 2 aromatic carbocycles. The summed E-state index contributed by atoms with van der Waals surface area (Å²) in [7, 11) is 1.67. The molecule has 1 fully saturated rings. The van der Waals surface area contributed by atoms with Gasteiger partial charge in [-0.15, -0.1) is 0 Å². The highest BCUT2D eigenvalue weighted by Crippen LogP contribution is 2.31. The molecule has 172 valence electrons. The van der Waals surface area contributed by atoms with Gasteiger partial charge in [-0.2, -0.15) is 0 Å². The number of para-hydroxylation sites is 1. The molecule has 0 saturated carbocycles. The molecule has 0 bridgehead atoms. The first-order valence-corrected chi connectivity index (χ1v) is 11.1. The first kappa shape index (κ1) is 23.6. The average molecular weight is 439 g/mol. The number of ether oxygens (including phenoxy) is 1. The van der Waals surface area contributed by atoms with Crippen LogP contribution in [0.25, 0.3) is 0 Å². The molecular weight excluding hydrogens is 404 g/mol. The molecule has 7 nitrogen and oxygen atoms in total. The molecule has 3 amide bonds. The maximum absolute atomic E-state index is 12.7. The minimum atomic E-state index is -0.332. The number of urea groups is 1. The number of anilines is 1. The number of methoxy groups -OCH3 is 1. The van der Waals surface area contributed by atoms with Gasteiger partial charge in [0.05, 0.1) is 13.2 Å². The highest BCUT2D eigenvalue weighted by molar-refractivity contribution is 5.97. The molecule has 0 aromatic heterocycles. The minimum absolute atomic E-state index is 0.0308. The van der Waals surface area contributed by atoms with Crippen molar-refractivity contribution in [2.75, 3.05) is 32.1 Å². The van der Waals surface area contributed by atoms with Crippen LogP contribution in [-0.4, -0.2) is 49.1 Å². The van der Waals surface area contributed by atoms with Crippen LogP contribution in [-0.2, 0) is 0 Å². The summed E-state index contributed by atoms with van der Waals surface area (Å²) < 4.78 is 5.57. The lowest BCUT2D eigenvalue weighted by molar-refractivity contribution is 0.0919. The second-order valence-electron chi connectivity index (χ2n) is 9.12. The second-order valence-corrected chi connectivity index (χ2v) is 9.12. The van der Waals surface area contributed by atoms with Gasteiger partial charge in [-0.05, 0) is 71.0 Å². The van der Waals surface area contributed by atoms with Crippen molar-refractivity contribution in [3.63, 3.8) is 0 Å². The summed E-state index contributed by atoms with van der Waals surface area (Å²) in [6.45, 7) is 8.24. The summed E-state index contributed by atoms with van der Waals surface area (Å²) in [5, 5.41) is 8.77. The molecule has 1 saturated heterocycles. The Morgan fingerprint density at radius 2 is 1.78 bits per heavy atom. The highest BCUT2D eigenvalue weighted by atomic mass is 16.5. The van der Waals surface area contributed by atoms with Gasteiger partial charge in [-0.3, -0.25) is 9.69 Å². The van der Waals surface area contributed by atoms with Crippen LogP contribution in [0.5, 0.6) is 5.75 Å². The van der Waals surface area contributed by atoms with E-state index in [0.29, 0.717) is 17.8 Å². The van der Waals surface area contributed by atoms with Gasteiger partial charge in [0.2, 0.25) is 0 Å². The lowest BCUT2D eigenvalue weighted by atomic mass is 10.0. The molecule has 1 heterocycles. The number of hydrogen-bond donors (Lipinski definition) is 3. The zero-order valence-corrected chi connectivity index (χ0v) is 19.4. The third-order valence-corrected chi connectivity index (χ3v) is 5.41. The maximum atomic E-state index is 12.7. The SMILES string of the molecule is COc1ccccc1C(CNC(=O)Nc1cccc(C(=O)NC(C)(C)C)c1)N1CCCC1. The third kappa shape index (κ3) is 6.47. The van der Waals surface area contributed by atoms with Crippen molar-refractivity contribution in [2.45, 2.75) is 45.2 Å². The van der Waals surface area contributed by atoms with Crippen molar-refractivity contribution in [1.29, 1.82) is 0 Å². The summed E-state index contributed by atoms with van der Waals surface area (Å²) in [6.07, 6.45) is 2.31. The van der Waals surface area contributed by atoms with Crippen molar-refractivity contribution in [3.05, 3.63) is 59.7 Å². The minimum Gasteiger partial charge on any atom is -0.496 e. The number of carbonyl (C=O) groups is 2. The van der Waals surface area contributed by atoms with Gasteiger partial charge in [0.25, 0.3) is 5.91 Å². The molecule has 3 N–H and O–H groups in total. The Labute approximate surface area is 190 Å². The van der Waals surface area contributed by atoms with E-state index in [9.17, 15) is 9.59 Å². The zero-order valence-electron chi connectivity index (χ0n) is 19.4. The molecule has 1 aliphatic heterocycles. The number of rotatable bonds is 7. The average Bonchev–Trinajstić information content (AvgIpc) is 3.28. The highest BCUT2D eigenvalue weighted by Gasteiger charge is 2.26. The fraction of sp³-hybridized carbons (Fsp3) is 0.440. The molecule has 0 spiro atoms. The lowest BCUT2D eigenvalue weighted by Gasteiger charge is -2.29. The number of hydrogen-bond acceptors (Lipinski definition) is 4. The van der Waals surface area contributed by atoms with Crippen LogP contribution in [0, 0.1) is 0 Å². The molecule has 3 rings (SSSR count). The van der Waals surface area contributed by atoms with E-state index in [-0.39, 0.29) is 23.5 Å². The molecule has 0 aliphatic carbocycles. The van der Waals surface area contributed by atoms with Crippen molar-refractivity contribution >= 4 is 17.6 Å². The number of carbonyl (C=O) groups excluding carboxylic acids is 2. The van der Waals surface area contributed by atoms with Gasteiger partial charge in [-0.25, -0.2) is 4.79 Å². The summed E-state index contributed by atoms with van der Waals surface area (Å²) in [5.74, 6) is 0.649. The van der Waals surface area contributed by atoms with Crippen molar-refractivity contribution in [3.8, 4) is 5.75 Å². The fourth-order valence-corrected chi connectivity index (χ4v) is 3.95. The van der Waals surface area contributed by atoms with E-state index in [4.69, 9.17) is 4.74 Å². The van der Waals surface area contributed by atoms with Crippen molar-refractivity contribution < 1.29 is 14.3 Å². The quantitative estimate of drug-likeness (QED) is 0.606. The Kier molecular flexibility index (Phi) is 7.75. The predicted octanol–water partition coefficient (Wildman–Crippen LogP) is 4.18. The first-order valence-electron chi connectivity index (χ1n) is 11.1. The van der Waals surface area contributed by atoms with E-state index < -0.39 is 0 Å². The Morgan fingerprint density at radius 1 is 1.06 bits per heavy atom. The molecular formula is C25H34N4O3. The van der Waals surface area contributed by atoms with E-state index >= 15 is 0 Å². The Bertz CT molecular complexity index is 933. The van der Waals surface area contributed by atoms with E-state index in [2.05, 4.69) is 26.9 Å². The van der Waals surface area contributed by atoms with Gasteiger partial charge in [0, 0.05) is 28.9 Å². The third-order valence-electron chi connectivity index (χ3n) is 5.41. The van der Waals surface area contributed by atoms with Crippen LogP contribution in [0.2, 0.25) is 0 Å². The van der Waals surface area contributed by atoms with Crippen LogP contribution >= 0.6 is 0 Å². The van der Waals surface area contributed by atoms with E-state index in [1.807, 2.05) is 39.0 Å². The molecule has 32 heavy (non-hydrogen) atoms. The molecule has 1 atom stereocenters. The Hall–Kier alpha value is -3.06. The van der Waals surface area contributed by atoms with Gasteiger partial charge in [0.1, 0.15) is 5.75 Å². The molecule has 0 radical (unpaired) electrons. The van der Waals surface area contributed by atoms with Crippen molar-refractivity contribution in [1.82, 2.24) is 15.5 Å². The van der Waals surface area contributed by atoms with Crippen LogP contribution in [0.15, 0.2) is 48.5 Å². The topological polar surface area (TPSA) is 82.7 Å². The molecule has 1 unspecified atom stereocenters. The largest absolute Gasteiger partial charge is 0.496 e. The van der Waals surface area contributed by atoms with Crippen LogP contribution in [0.4, 0.5) is 10.5 Å². The number of benzene rings is 2. The summed E-state index contributed by atoms with van der Waals surface area (Å²) >= 11 is 0. The number of nitrogens with zero attached hydrogens (tertiary/aromatic N) is 1. The molecule has 2 aromatic rings. The smallest absolute Gasteiger partial charge is 0.319 e. The van der Waals surface area contributed by atoms with Gasteiger partial charge in [0.15, 0.2) is 0 Å². The van der Waals surface area contributed by atoms with Gasteiger partial charge < -0.3 is 20.7 Å². The van der Waals surface area contributed by atoms with Crippen molar-refractivity contribution in [2.24, 2.45) is 0 Å². The van der Waals surface area contributed by atoms with Gasteiger partial charge >= 0.3 is 6.03 Å². The Morgan fingerprint density at radius 3 is 2.47 bits per heavy atom. The molecule has 1 aliphatic rings. The Balaban J connectivity index is 1.66. The van der Waals surface area contributed by atoms with E-state index in [1.165, 1.54) is 0 Å². The monoisotopic (exact) mass is 438 g/mol. The predicted molar refractivity (Wildman–Crippen MR) is 127 cm³/mol.